The number of rotatable bonds is 5. The number of ether oxygens (including phenoxy) is 2. The molecule has 6 nitrogen and oxygen atoms in total. The van der Waals surface area contributed by atoms with E-state index in [-0.39, 0.29) is 18.1 Å². The van der Waals surface area contributed by atoms with Gasteiger partial charge in [0.15, 0.2) is 0 Å². The highest BCUT2D eigenvalue weighted by molar-refractivity contribution is 5.83. The Kier molecular flexibility index (Phi) is 5.26. The summed E-state index contributed by atoms with van der Waals surface area (Å²) in [5, 5.41) is 9.32. The lowest BCUT2D eigenvalue weighted by molar-refractivity contribution is -0.189. The van der Waals surface area contributed by atoms with Gasteiger partial charge in [-0.25, -0.2) is 9.78 Å². The van der Waals surface area contributed by atoms with Crippen LogP contribution < -0.4 is 9.47 Å². The molecule has 28 heavy (non-hydrogen) atoms. The molecule has 0 atom stereocenters. The summed E-state index contributed by atoms with van der Waals surface area (Å²) >= 11 is 0. The van der Waals surface area contributed by atoms with Gasteiger partial charge in [0.25, 0.3) is 0 Å². The highest BCUT2D eigenvalue weighted by Crippen LogP contribution is 2.41. The van der Waals surface area contributed by atoms with Crippen molar-refractivity contribution in [1.29, 1.82) is 0 Å². The number of alkyl halides is 3. The molecule has 0 unspecified atom stereocenters. The second-order valence-electron chi connectivity index (χ2n) is 6.26. The Labute approximate surface area is 157 Å². The van der Waals surface area contributed by atoms with E-state index < -0.39 is 18.1 Å². The van der Waals surface area contributed by atoms with Crippen molar-refractivity contribution in [3.8, 4) is 22.8 Å². The first kappa shape index (κ1) is 19.7. The Bertz CT molecular complexity index is 940. The number of aliphatic carboxylic acids is 1. The second-order valence-corrected chi connectivity index (χ2v) is 6.26. The van der Waals surface area contributed by atoms with Gasteiger partial charge in [-0.05, 0) is 59.2 Å². The molecule has 1 aliphatic rings. The zero-order chi connectivity index (χ0) is 20.5. The molecule has 0 saturated heterocycles. The van der Waals surface area contributed by atoms with Gasteiger partial charge >= 0.3 is 18.1 Å². The van der Waals surface area contributed by atoms with Crippen LogP contribution in [0, 0.1) is 0 Å². The van der Waals surface area contributed by atoms with Crippen molar-refractivity contribution in [3.05, 3.63) is 41.1 Å². The molecule has 1 aromatic carbocycles. The normalized spacial score (nSPS) is 13.1. The van der Waals surface area contributed by atoms with Crippen LogP contribution >= 0.6 is 0 Å². The van der Waals surface area contributed by atoms with Crippen LogP contribution in [-0.4, -0.2) is 35.3 Å². The lowest BCUT2D eigenvalue weighted by Crippen LogP contribution is -2.28. The monoisotopic (exact) mass is 395 g/mol. The van der Waals surface area contributed by atoms with E-state index in [9.17, 15) is 27.9 Å². The molecule has 0 bridgehead atoms. The topological polar surface area (TPSA) is 85.7 Å². The summed E-state index contributed by atoms with van der Waals surface area (Å²) in [6.45, 7) is 0. The number of hydrogen-bond donors (Lipinski definition) is 1. The summed E-state index contributed by atoms with van der Waals surface area (Å²) in [6, 6.07) is 4.41. The maximum absolute atomic E-state index is 12.7. The van der Waals surface area contributed by atoms with Gasteiger partial charge in [-0.3, -0.25) is 4.79 Å². The highest BCUT2D eigenvalue weighted by Gasteiger charge is 2.42. The molecular formula is C19H16F3NO5. The van der Waals surface area contributed by atoms with Gasteiger partial charge in [0.05, 0.1) is 13.5 Å². The number of pyridine rings is 1. The third-order valence-electron chi connectivity index (χ3n) is 4.50. The molecule has 148 valence electrons. The van der Waals surface area contributed by atoms with Gasteiger partial charge in [0.2, 0.25) is 5.88 Å². The van der Waals surface area contributed by atoms with Crippen LogP contribution in [0.2, 0.25) is 0 Å². The summed E-state index contributed by atoms with van der Waals surface area (Å²) in [7, 11) is 1.41. The van der Waals surface area contributed by atoms with Gasteiger partial charge in [0.1, 0.15) is 5.75 Å². The minimum Gasteiger partial charge on any atom is -0.481 e. The van der Waals surface area contributed by atoms with Gasteiger partial charge in [-0.2, -0.15) is 13.2 Å². The number of fused-ring (bicyclic) bond motifs is 1. The highest BCUT2D eigenvalue weighted by atomic mass is 19.4. The fourth-order valence-electron chi connectivity index (χ4n) is 3.36. The molecule has 0 saturated carbocycles. The Morgan fingerprint density at radius 2 is 1.93 bits per heavy atom. The molecule has 9 heteroatoms. The maximum atomic E-state index is 12.7. The molecule has 3 rings (SSSR count). The van der Waals surface area contributed by atoms with Gasteiger partial charge in [-0.1, -0.05) is 0 Å². The first-order chi connectivity index (χ1) is 13.2. The fourth-order valence-corrected chi connectivity index (χ4v) is 3.36. The SMILES string of the molecule is COc1cc(-c2cc(OC(=O)C(F)(F)F)c3c(c2CC(=O)O)CCC3)ccn1. The zero-order valence-corrected chi connectivity index (χ0v) is 14.8. The maximum Gasteiger partial charge on any atom is 0.491 e. The van der Waals surface area contributed by atoms with Crippen molar-refractivity contribution in [3.63, 3.8) is 0 Å². The van der Waals surface area contributed by atoms with E-state index in [4.69, 9.17) is 4.74 Å². The van der Waals surface area contributed by atoms with Crippen LogP contribution in [0.5, 0.6) is 11.6 Å². The van der Waals surface area contributed by atoms with Crippen LogP contribution in [-0.2, 0) is 28.9 Å². The third kappa shape index (κ3) is 3.92. The van der Waals surface area contributed by atoms with E-state index in [0.29, 0.717) is 47.1 Å². The number of carbonyl (C=O) groups is 2. The quantitative estimate of drug-likeness (QED) is 0.617. The minimum atomic E-state index is -5.13. The van der Waals surface area contributed by atoms with Gasteiger partial charge in [0, 0.05) is 12.3 Å². The smallest absolute Gasteiger partial charge is 0.481 e. The Morgan fingerprint density at radius 3 is 2.57 bits per heavy atom. The summed E-state index contributed by atoms with van der Waals surface area (Å²) in [6.07, 6.45) is -2.48. The summed E-state index contributed by atoms with van der Waals surface area (Å²) in [5.74, 6) is -3.33. The lowest BCUT2D eigenvalue weighted by atomic mass is 9.90. The van der Waals surface area contributed by atoms with Crippen molar-refractivity contribution in [2.75, 3.05) is 7.11 Å². The van der Waals surface area contributed by atoms with Gasteiger partial charge < -0.3 is 14.6 Å². The molecule has 1 aromatic heterocycles. The van der Waals surface area contributed by atoms with E-state index in [0.717, 1.165) is 0 Å². The van der Waals surface area contributed by atoms with E-state index in [1.165, 1.54) is 25.4 Å². The average Bonchev–Trinajstić information content (AvgIpc) is 3.12. The molecule has 0 aliphatic heterocycles. The van der Waals surface area contributed by atoms with E-state index in [1.807, 2.05) is 0 Å². The third-order valence-corrected chi connectivity index (χ3v) is 4.50. The van der Waals surface area contributed by atoms with Gasteiger partial charge in [-0.15, -0.1) is 0 Å². The minimum absolute atomic E-state index is 0.199. The number of carboxylic acid groups (broad SMARTS) is 1. The number of aromatic nitrogens is 1. The number of halogens is 3. The predicted molar refractivity (Wildman–Crippen MR) is 91.3 cm³/mol. The second kappa shape index (κ2) is 7.49. The molecule has 2 aromatic rings. The standard InChI is InChI=1S/C19H16F3NO5/c1-27-16-7-10(5-6-23-16)13-8-15(28-18(26)19(20,21)22)12-4-2-3-11(12)14(13)9-17(24)25/h5-8H,2-4,9H2,1H3,(H,24,25). The van der Waals surface area contributed by atoms with E-state index in [1.54, 1.807) is 6.07 Å². The Morgan fingerprint density at radius 1 is 1.21 bits per heavy atom. The van der Waals surface area contributed by atoms with Crippen LogP contribution in [0.1, 0.15) is 23.1 Å². The number of nitrogens with zero attached hydrogens (tertiary/aromatic N) is 1. The molecule has 0 radical (unpaired) electrons. The molecule has 1 N–H and O–H groups in total. The summed E-state index contributed by atoms with van der Waals surface area (Å²) in [4.78, 5) is 26.7. The summed E-state index contributed by atoms with van der Waals surface area (Å²) in [5.41, 5.74) is 2.41. The van der Waals surface area contributed by atoms with E-state index >= 15 is 0 Å². The van der Waals surface area contributed by atoms with E-state index in [2.05, 4.69) is 9.72 Å². The first-order valence-electron chi connectivity index (χ1n) is 8.39. The number of carbonyl (C=O) groups excluding carboxylic acids is 1. The van der Waals surface area contributed by atoms with Crippen LogP contribution in [0.4, 0.5) is 13.2 Å². The van der Waals surface area contributed by atoms with Crippen LogP contribution in [0.15, 0.2) is 24.4 Å². The largest absolute Gasteiger partial charge is 0.491 e. The Balaban J connectivity index is 2.19. The van der Waals surface area contributed by atoms with Crippen molar-refractivity contribution < 1.29 is 37.3 Å². The van der Waals surface area contributed by atoms with Crippen LogP contribution in [0.3, 0.4) is 0 Å². The molecular weight excluding hydrogens is 379 g/mol. The van der Waals surface area contributed by atoms with Crippen molar-refractivity contribution in [2.45, 2.75) is 31.9 Å². The summed E-state index contributed by atoms with van der Waals surface area (Å²) < 4.78 is 47.8. The Hall–Kier alpha value is -3.10. The number of methoxy groups -OCH3 is 1. The lowest BCUT2D eigenvalue weighted by Gasteiger charge is -2.18. The molecule has 0 amide bonds. The number of carboxylic acids is 1. The fraction of sp³-hybridized carbons (Fsp3) is 0.316. The average molecular weight is 395 g/mol. The molecule has 1 aliphatic carbocycles. The number of esters is 1. The number of hydrogen-bond acceptors (Lipinski definition) is 5. The van der Waals surface area contributed by atoms with Crippen molar-refractivity contribution in [1.82, 2.24) is 4.98 Å². The molecule has 0 spiro atoms. The van der Waals surface area contributed by atoms with Crippen molar-refractivity contribution >= 4 is 11.9 Å². The number of benzene rings is 1. The molecule has 1 heterocycles. The molecule has 0 fully saturated rings. The predicted octanol–water partition coefficient (Wildman–Crippen LogP) is 3.34. The zero-order valence-electron chi connectivity index (χ0n) is 14.8. The van der Waals surface area contributed by atoms with Crippen molar-refractivity contribution in [2.24, 2.45) is 0 Å². The van der Waals surface area contributed by atoms with Crippen LogP contribution in [0.25, 0.3) is 11.1 Å². The first-order valence-corrected chi connectivity index (χ1v) is 8.39.